The molecule has 2 heterocycles. The molecular weight excluding hydrogens is 212 g/mol. The Balaban J connectivity index is 1.91. The van der Waals surface area contributed by atoms with Gasteiger partial charge in [-0.15, -0.1) is 0 Å². The van der Waals surface area contributed by atoms with Gasteiger partial charge in [0, 0.05) is 56.6 Å². The zero-order valence-electron chi connectivity index (χ0n) is 11.4. The highest BCUT2D eigenvalue weighted by atomic mass is 15.3. The van der Waals surface area contributed by atoms with Gasteiger partial charge in [-0.1, -0.05) is 0 Å². The highest BCUT2D eigenvalue weighted by molar-refractivity contribution is 5.01. The van der Waals surface area contributed by atoms with Gasteiger partial charge in [0.25, 0.3) is 0 Å². The first kappa shape index (κ1) is 12.6. The monoisotopic (exact) mass is 236 g/mol. The van der Waals surface area contributed by atoms with Gasteiger partial charge in [0.05, 0.1) is 0 Å². The summed E-state index contributed by atoms with van der Waals surface area (Å²) in [4.78, 5) is 2.57. The number of aryl methyl sites for hydroxylation is 1. The minimum Gasteiger partial charge on any atom is -0.309 e. The molecule has 1 saturated heterocycles. The molecule has 1 fully saturated rings. The predicted octanol–water partition coefficient (Wildman–Crippen LogP) is 1.03. The molecular formula is C13H24N4. The van der Waals surface area contributed by atoms with Crippen molar-refractivity contribution >= 4 is 0 Å². The Morgan fingerprint density at radius 1 is 1.53 bits per heavy atom. The van der Waals surface area contributed by atoms with E-state index in [1.54, 1.807) is 0 Å². The lowest BCUT2D eigenvalue weighted by Gasteiger charge is -2.43. The van der Waals surface area contributed by atoms with Gasteiger partial charge in [0.1, 0.15) is 0 Å². The highest BCUT2D eigenvalue weighted by Crippen LogP contribution is 2.15. The van der Waals surface area contributed by atoms with Crippen molar-refractivity contribution in [2.45, 2.75) is 38.8 Å². The van der Waals surface area contributed by atoms with Crippen molar-refractivity contribution in [2.75, 3.05) is 19.6 Å². The molecule has 0 bridgehead atoms. The molecule has 1 aromatic heterocycles. The van der Waals surface area contributed by atoms with Crippen LogP contribution in [0.25, 0.3) is 0 Å². The quantitative estimate of drug-likeness (QED) is 0.851. The fourth-order valence-electron chi connectivity index (χ4n) is 2.48. The van der Waals surface area contributed by atoms with E-state index in [4.69, 9.17) is 0 Å². The lowest BCUT2D eigenvalue weighted by atomic mass is 9.99. The third-order valence-electron chi connectivity index (χ3n) is 3.68. The Bertz CT molecular complexity index is 369. The van der Waals surface area contributed by atoms with Gasteiger partial charge < -0.3 is 5.32 Å². The standard InChI is InChI=1S/C13H24N4/c1-11-9-14-13(2,3)10-17(11)8-6-12-5-7-15-16(12)4/h5,7,11,14H,6,8-10H2,1-4H3. The zero-order chi connectivity index (χ0) is 12.5. The van der Waals surface area contributed by atoms with E-state index in [0.717, 1.165) is 26.1 Å². The van der Waals surface area contributed by atoms with Gasteiger partial charge in [-0.3, -0.25) is 9.58 Å². The van der Waals surface area contributed by atoms with Crippen LogP contribution in [-0.2, 0) is 13.5 Å². The van der Waals surface area contributed by atoms with E-state index in [1.165, 1.54) is 5.69 Å². The molecule has 1 aliphatic rings. The van der Waals surface area contributed by atoms with Crippen molar-refractivity contribution in [3.05, 3.63) is 18.0 Å². The van der Waals surface area contributed by atoms with E-state index in [1.807, 2.05) is 17.9 Å². The van der Waals surface area contributed by atoms with Gasteiger partial charge in [-0.05, 0) is 26.8 Å². The molecule has 0 saturated carbocycles. The third-order valence-corrected chi connectivity index (χ3v) is 3.68. The number of hydrogen-bond donors (Lipinski definition) is 1. The molecule has 4 heteroatoms. The average molecular weight is 236 g/mol. The van der Waals surface area contributed by atoms with Crippen LogP contribution >= 0.6 is 0 Å². The van der Waals surface area contributed by atoms with E-state index in [-0.39, 0.29) is 5.54 Å². The van der Waals surface area contributed by atoms with Crippen LogP contribution in [0.3, 0.4) is 0 Å². The van der Waals surface area contributed by atoms with Gasteiger partial charge in [-0.2, -0.15) is 5.10 Å². The van der Waals surface area contributed by atoms with E-state index in [0.29, 0.717) is 6.04 Å². The second kappa shape index (κ2) is 4.78. The number of nitrogens with one attached hydrogen (secondary N) is 1. The Morgan fingerprint density at radius 3 is 2.94 bits per heavy atom. The highest BCUT2D eigenvalue weighted by Gasteiger charge is 2.29. The lowest BCUT2D eigenvalue weighted by Crippen LogP contribution is -2.60. The fourth-order valence-corrected chi connectivity index (χ4v) is 2.48. The summed E-state index contributed by atoms with van der Waals surface area (Å²) in [5.41, 5.74) is 1.55. The van der Waals surface area contributed by atoms with Crippen molar-refractivity contribution in [3.63, 3.8) is 0 Å². The smallest absolute Gasteiger partial charge is 0.0492 e. The Kier molecular flexibility index (Phi) is 3.54. The van der Waals surface area contributed by atoms with Crippen LogP contribution in [0.15, 0.2) is 12.3 Å². The summed E-state index contributed by atoms with van der Waals surface area (Å²) in [7, 11) is 2.01. The molecule has 1 N–H and O–H groups in total. The molecule has 4 nitrogen and oxygen atoms in total. The van der Waals surface area contributed by atoms with Crippen LogP contribution in [-0.4, -0.2) is 45.9 Å². The third kappa shape index (κ3) is 3.07. The topological polar surface area (TPSA) is 33.1 Å². The molecule has 0 aliphatic carbocycles. The molecule has 1 aromatic rings. The fraction of sp³-hybridized carbons (Fsp3) is 0.769. The second-order valence-electron chi connectivity index (χ2n) is 5.78. The lowest BCUT2D eigenvalue weighted by molar-refractivity contribution is 0.105. The van der Waals surface area contributed by atoms with Crippen molar-refractivity contribution in [3.8, 4) is 0 Å². The Morgan fingerprint density at radius 2 is 2.29 bits per heavy atom. The van der Waals surface area contributed by atoms with Crippen molar-refractivity contribution in [1.82, 2.24) is 20.0 Å². The molecule has 2 rings (SSSR count). The Hall–Kier alpha value is -0.870. The number of aromatic nitrogens is 2. The van der Waals surface area contributed by atoms with Gasteiger partial charge in [0.2, 0.25) is 0 Å². The summed E-state index contributed by atoms with van der Waals surface area (Å²) in [6, 6.07) is 2.73. The first-order valence-corrected chi connectivity index (χ1v) is 6.44. The van der Waals surface area contributed by atoms with Crippen LogP contribution < -0.4 is 5.32 Å². The number of nitrogens with zero attached hydrogens (tertiary/aromatic N) is 3. The second-order valence-corrected chi connectivity index (χ2v) is 5.78. The van der Waals surface area contributed by atoms with Crippen molar-refractivity contribution < 1.29 is 0 Å². The summed E-state index contributed by atoms with van der Waals surface area (Å²) in [6.45, 7) is 10.2. The summed E-state index contributed by atoms with van der Waals surface area (Å²) in [6.07, 6.45) is 2.96. The molecule has 0 aromatic carbocycles. The molecule has 1 atom stereocenters. The van der Waals surface area contributed by atoms with Crippen LogP contribution in [0.4, 0.5) is 0 Å². The summed E-state index contributed by atoms with van der Waals surface area (Å²) in [5, 5.41) is 7.80. The van der Waals surface area contributed by atoms with Crippen LogP contribution in [0.1, 0.15) is 26.5 Å². The normalized spacial score (nSPS) is 25.1. The molecule has 96 valence electrons. The maximum atomic E-state index is 4.21. The average Bonchev–Trinajstić information content (AvgIpc) is 2.66. The number of hydrogen-bond acceptors (Lipinski definition) is 3. The molecule has 0 amide bonds. The maximum Gasteiger partial charge on any atom is 0.0492 e. The van der Waals surface area contributed by atoms with Crippen molar-refractivity contribution in [1.29, 1.82) is 0 Å². The van der Waals surface area contributed by atoms with E-state index >= 15 is 0 Å². The molecule has 1 unspecified atom stereocenters. The first-order valence-electron chi connectivity index (χ1n) is 6.44. The SMILES string of the molecule is CC1CNC(C)(C)CN1CCc1ccnn1C. The largest absolute Gasteiger partial charge is 0.309 e. The first-order chi connectivity index (χ1) is 7.98. The molecule has 17 heavy (non-hydrogen) atoms. The van der Waals surface area contributed by atoms with Crippen LogP contribution in [0.2, 0.25) is 0 Å². The van der Waals surface area contributed by atoms with E-state index in [2.05, 4.69) is 42.2 Å². The minimum absolute atomic E-state index is 0.235. The molecule has 0 spiro atoms. The predicted molar refractivity (Wildman–Crippen MR) is 70.0 cm³/mol. The van der Waals surface area contributed by atoms with Crippen LogP contribution in [0, 0.1) is 0 Å². The summed E-state index contributed by atoms with van der Waals surface area (Å²) >= 11 is 0. The summed E-state index contributed by atoms with van der Waals surface area (Å²) in [5.74, 6) is 0. The Labute approximate surface area is 104 Å². The molecule has 1 aliphatic heterocycles. The van der Waals surface area contributed by atoms with E-state index < -0.39 is 0 Å². The summed E-state index contributed by atoms with van der Waals surface area (Å²) < 4.78 is 1.97. The van der Waals surface area contributed by atoms with Crippen LogP contribution in [0.5, 0.6) is 0 Å². The molecule has 0 radical (unpaired) electrons. The maximum absolute atomic E-state index is 4.21. The zero-order valence-corrected chi connectivity index (χ0v) is 11.4. The number of rotatable bonds is 3. The van der Waals surface area contributed by atoms with Gasteiger partial charge in [-0.25, -0.2) is 0 Å². The van der Waals surface area contributed by atoms with Crippen molar-refractivity contribution in [2.24, 2.45) is 7.05 Å². The van der Waals surface area contributed by atoms with Gasteiger partial charge >= 0.3 is 0 Å². The van der Waals surface area contributed by atoms with Gasteiger partial charge in [0.15, 0.2) is 0 Å². The van der Waals surface area contributed by atoms with E-state index in [9.17, 15) is 0 Å². The number of piperazine rings is 1. The minimum atomic E-state index is 0.235.